The van der Waals surface area contributed by atoms with Crippen LogP contribution in [0.1, 0.15) is 35.2 Å². The third kappa shape index (κ3) is 3.22. The third-order valence-electron chi connectivity index (χ3n) is 4.44. The summed E-state index contributed by atoms with van der Waals surface area (Å²) in [6, 6.07) is 13.2. The van der Waals surface area contributed by atoms with Gasteiger partial charge in [0.25, 0.3) is 5.91 Å². The van der Waals surface area contributed by atoms with Crippen molar-refractivity contribution in [1.29, 1.82) is 5.26 Å². The highest BCUT2D eigenvalue weighted by molar-refractivity contribution is 6.03. The molecule has 1 aliphatic rings. The largest absolute Gasteiger partial charge is 0.467 e. The first-order valence-electron chi connectivity index (χ1n) is 8.43. The summed E-state index contributed by atoms with van der Waals surface area (Å²) in [5.41, 5.74) is 2.94. The smallest absolute Gasteiger partial charge is 0.263 e. The van der Waals surface area contributed by atoms with E-state index >= 15 is 0 Å². The summed E-state index contributed by atoms with van der Waals surface area (Å²) in [7, 11) is 0. The van der Waals surface area contributed by atoms with E-state index in [1.165, 1.54) is 15.9 Å². The van der Waals surface area contributed by atoms with E-state index in [1.54, 1.807) is 12.3 Å². The Morgan fingerprint density at radius 2 is 2.15 bits per heavy atom. The van der Waals surface area contributed by atoms with E-state index in [2.05, 4.69) is 15.3 Å². The second-order valence-corrected chi connectivity index (χ2v) is 6.28. The third-order valence-corrected chi connectivity index (χ3v) is 4.44. The Labute approximate surface area is 155 Å². The van der Waals surface area contributed by atoms with Gasteiger partial charge in [-0.2, -0.15) is 10.4 Å². The van der Waals surface area contributed by atoms with E-state index < -0.39 is 0 Å². The van der Waals surface area contributed by atoms with Gasteiger partial charge in [-0.15, -0.1) is 10.2 Å². The zero-order valence-electron chi connectivity index (χ0n) is 14.6. The predicted molar refractivity (Wildman–Crippen MR) is 95.4 cm³/mol. The lowest BCUT2D eigenvalue weighted by Gasteiger charge is -2.20. The Balaban J connectivity index is 1.64. The Kier molecular flexibility index (Phi) is 4.26. The molecule has 1 unspecified atom stereocenters. The molecule has 3 heterocycles. The van der Waals surface area contributed by atoms with Crippen molar-refractivity contribution in [3.63, 3.8) is 0 Å². The van der Waals surface area contributed by atoms with Crippen LogP contribution in [0.2, 0.25) is 0 Å². The topological polar surface area (TPSA) is 100 Å². The van der Waals surface area contributed by atoms with Gasteiger partial charge >= 0.3 is 0 Å². The second kappa shape index (κ2) is 6.88. The van der Waals surface area contributed by atoms with Crippen molar-refractivity contribution in [2.24, 2.45) is 5.10 Å². The zero-order valence-corrected chi connectivity index (χ0v) is 14.6. The molecule has 8 nitrogen and oxygen atoms in total. The molecule has 0 fully saturated rings. The molecule has 0 radical (unpaired) electrons. The fraction of sp³-hybridized carbons (Fsp3) is 0.211. The van der Waals surface area contributed by atoms with Gasteiger partial charge in [0.05, 0.1) is 12.0 Å². The maximum absolute atomic E-state index is 12.9. The lowest BCUT2D eigenvalue weighted by molar-refractivity contribution is -0.134. The molecule has 3 aromatic rings. The van der Waals surface area contributed by atoms with Gasteiger partial charge in [-0.3, -0.25) is 9.36 Å². The molecule has 0 N–H and O–H groups in total. The highest BCUT2D eigenvalue weighted by atomic mass is 16.3. The highest BCUT2D eigenvalue weighted by Crippen LogP contribution is 2.33. The van der Waals surface area contributed by atoms with Crippen LogP contribution < -0.4 is 0 Å². The number of benzene rings is 1. The number of aryl methyl sites for hydroxylation is 1. The molecule has 1 amide bonds. The molecule has 0 bridgehead atoms. The summed E-state index contributed by atoms with van der Waals surface area (Å²) in [6.07, 6.45) is 3.49. The molecule has 0 saturated carbocycles. The summed E-state index contributed by atoms with van der Waals surface area (Å²) in [5.74, 6) is 0.480. The maximum atomic E-state index is 12.9. The van der Waals surface area contributed by atoms with E-state index in [4.69, 9.17) is 9.68 Å². The number of furan rings is 1. The fourth-order valence-electron chi connectivity index (χ4n) is 3.04. The quantitative estimate of drug-likeness (QED) is 0.711. The van der Waals surface area contributed by atoms with Gasteiger partial charge in [0.2, 0.25) is 5.82 Å². The lowest BCUT2D eigenvalue weighted by Crippen LogP contribution is -2.30. The van der Waals surface area contributed by atoms with E-state index in [9.17, 15) is 4.79 Å². The number of rotatable bonds is 4. The number of nitriles is 1. The molecule has 1 atom stereocenters. The number of carbonyl (C=O) groups is 1. The second-order valence-electron chi connectivity index (χ2n) is 6.28. The van der Waals surface area contributed by atoms with Crippen molar-refractivity contribution in [3.8, 4) is 6.07 Å². The van der Waals surface area contributed by atoms with Crippen LogP contribution in [0.3, 0.4) is 0 Å². The van der Waals surface area contributed by atoms with Gasteiger partial charge in [0, 0.05) is 6.42 Å². The van der Waals surface area contributed by atoms with Gasteiger partial charge in [0.1, 0.15) is 30.7 Å². The van der Waals surface area contributed by atoms with Gasteiger partial charge in [-0.1, -0.05) is 29.8 Å². The Morgan fingerprint density at radius 1 is 1.33 bits per heavy atom. The minimum Gasteiger partial charge on any atom is -0.467 e. The van der Waals surface area contributed by atoms with E-state index in [1.807, 2.05) is 43.3 Å². The van der Waals surface area contributed by atoms with Gasteiger partial charge in [0.15, 0.2) is 0 Å². The summed E-state index contributed by atoms with van der Waals surface area (Å²) in [4.78, 5) is 12.9. The molecule has 1 aromatic carbocycles. The summed E-state index contributed by atoms with van der Waals surface area (Å²) < 4.78 is 6.93. The average Bonchev–Trinajstić information content (AvgIpc) is 3.42. The molecule has 0 saturated heterocycles. The van der Waals surface area contributed by atoms with Crippen LogP contribution in [0.4, 0.5) is 0 Å². The van der Waals surface area contributed by atoms with E-state index in [0.29, 0.717) is 12.2 Å². The van der Waals surface area contributed by atoms with Crippen LogP contribution in [-0.2, 0) is 11.3 Å². The minimum absolute atomic E-state index is 0.0716. The molecule has 0 spiro atoms. The Hall–Kier alpha value is -3.73. The van der Waals surface area contributed by atoms with Crippen LogP contribution >= 0.6 is 0 Å². The van der Waals surface area contributed by atoms with E-state index in [0.717, 1.165) is 16.8 Å². The zero-order chi connectivity index (χ0) is 18.8. The van der Waals surface area contributed by atoms with Gasteiger partial charge in [-0.25, -0.2) is 5.01 Å². The number of nitrogens with zero attached hydrogens (tertiary/aromatic N) is 6. The monoisotopic (exact) mass is 360 g/mol. The highest BCUT2D eigenvalue weighted by Gasteiger charge is 2.35. The van der Waals surface area contributed by atoms with E-state index in [-0.39, 0.29) is 24.3 Å². The Morgan fingerprint density at radius 3 is 2.85 bits per heavy atom. The van der Waals surface area contributed by atoms with Crippen LogP contribution in [0.25, 0.3) is 0 Å². The summed E-state index contributed by atoms with van der Waals surface area (Å²) in [6.45, 7) is 1.95. The first kappa shape index (κ1) is 16.7. The van der Waals surface area contributed by atoms with Crippen molar-refractivity contribution in [3.05, 3.63) is 71.7 Å². The number of aromatic nitrogens is 3. The standard InChI is InChI=1S/C19H16N6O2/c1-13-4-6-14(7-5-13)15-9-16(17-3-2-8-27-17)25(23-15)19(26)11-24-12-21-22-18(24)10-20/h2-8,12,16H,9,11H2,1H3. The van der Waals surface area contributed by atoms with Crippen LogP contribution in [0, 0.1) is 18.3 Å². The first-order valence-corrected chi connectivity index (χ1v) is 8.43. The van der Waals surface area contributed by atoms with Crippen molar-refractivity contribution in [2.45, 2.75) is 25.9 Å². The summed E-state index contributed by atoms with van der Waals surface area (Å²) in [5, 5.41) is 22.4. The van der Waals surface area contributed by atoms with Gasteiger partial charge in [-0.05, 0) is 24.6 Å². The number of amides is 1. The number of hydrogen-bond donors (Lipinski definition) is 0. The fourth-order valence-corrected chi connectivity index (χ4v) is 3.04. The molecule has 27 heavy (non-hydrogen) atoms. The molecule has 2 aromatic heterocycles. The molecule has 8 heteroatoms. The lowest BCUT2D eigenvalue weighted by atomic mass is 10.0. The van der Waals surface area contributed by atoms with Crippen LogP contribution in [-0.4, -0.2) is 31.4 Å². The van der Waals surface area contributed by atoms with Crippen LogP contribution in [0.5, 0.6) is 0 Å². The summed E-state index contributed by atoms with van der Waals surface area (Å²) >= 11 is 0. The maximum Gasteiger partial charge on any atom is 0.263 e. The normalized spacial score (nSPS) is 16.2. The number of hydrazone groups is 1. The Bertz CT molecular complexity index is 1030. The van der Waals surface area contributed by atoms with Crippen molar-refractivity contribution in [2.75, 3.05) is 0 Å². The number of carbonyl (C=O) groups excluding carboxylic acids is 1. The molecule has 134 valence electrons. The average molecular weight is 360 g/mol. The molecule has 1 aliphatic heterocycles. The SMILES string of the molecule is Cc1ccc(C2=NN(C(=O)Cn3cnnc3C#N)C(c3ccco3)C2)cc1. The minimum atomic E-state index is -0.328. The predicted octanol–water partition coefficient (Wildman–Crippen LogP) is 2.43. The van der Waals surface area contributed by atoms with Crippen molar-refractivity contribution in [1.82, 2.24) is 19.8 Å². The van der Waals surface area contributed by atoms with Crippen molar-refractivity contribution < 1.29 is 9.21 Å². The molecular formula is C19H16N6O2. The molecule has 4 rings (SSSR count). The van der Waals surface area contributed by atoms with Crippen LogP contribution in [0.15, 0.2) is 58.5 Å². The van der Waals surface area contributed by atoms with Gasteiger partial charge < -0.3 is 4.42 Å². The molecular weight excluding hydrogens is 344 g/mol. The first-order chi connectivity index (χ1) is 13.2. The number of hydrogen-bond acceptors (Lipinski definition) is 6. The molecule has 0 aliphatic carbocycles. The van der Waals surface area contributed by atoms with Crippen molar-refractivity contribution >= 4 is 11.6 Å².